The molecule has 0 amide bonds. The lowest BCUT2D eigenvalue weighted by Gasteiger charge is -2.05. The number of methoxy groups -OCH3 is 1. The predicted molar refractivity (Wildman–Crippen MR) is 97.0 cm³/mol. The first-order valence-electron chi connectivity index (χ1n) is 7.93. The second-order valence-corrected chi connectivity index (χ2v) is 5.44. The van der Waals surface area contributed by atoms with E-state index >= 15 is 0 Å². The molecule has 0 saturated heterocycles. The van der Waals surface area contributed by atoms with Crippen LogP contribution in [0.5, 0.6) is 5.75 Å². The fourth-order valence-corrected chi connectivity index (χ4v) is 2.48. The number of aromatic nitrogens is 4. The summed E-state index contributed by atoms with van der Waals surface area (Å²) in [6, 6.07) is 13.3. The minimum Gasteiger partial charge on any atom is -0.494 e. The molecule has 3 heterocycles. The number of hydrogen-bond donors (Lipinski definition) is 1. The molecule has 128 valence electrons. The van der Waals surface area contributed by atoms with Crippen LogP contribution in [0.3, 0.4) is 0 Å². The van der Waals surface area contributed by atoms with Crippen LogP contribution in [0.4, 0.5) is 11.4 Å². The van der Waals surface area contributed by atoms with Gasteiger partial charge in [-0.2, -0.15) is 4.98 Å². The molecule has 1 N–H and O–H groups in total. The van der Waals surface area contributed by atoms with Crippen molar-refractivity contribution in [2.24, 2.45) is 0 Å². The Morgan fingerprint density at radius 1 is 0.923 bits per heavy atom. The van der Waals surface area contributed by atoms with E-state index in [-0.39, 0.29) is 0 Å². The Morgan fingerprint density at radius 3 is 2.54 bits per heavy atom. The van der Waals surface area contributed by atoms with Crippen LogP contribution in [-0.2, 0) is 0 Å². The van der Waals surface area contributed by atoms with Gasteiger partial charge in [-0.3, -0.25) is 9.97 Å². The maximum absolute atomic E-state index is 5.40. The third-order valence-electron chi connectivity index (χ3n) is 3.75. The number of hydrogen-bond acceptors (Lipinski definition) is 7. The smallest absolute Gasteiger partial charge is 0.258 e. The molecule has 0 radical (unpaired) electrons. The zero-order valence-electron chi connectivity index (χ0n) is 14.0. The molecule has 4 aromatic rings. The summed E-state index contributed by atoms with van der Waals surface area (Å²) in [4.78, 5) is 12.6. The van der Waals surface area contributed by atoms with Gasteiger partial charge in [-0.15, -0.1) is 0 Å². The van der Waals surface area contributed by atoms with E-state index in [4.69, 9.17) is 9.26 Å². The monoisotopic (exact) mass is 345 g/mol. The molecule has 0 bridgehead atoms. The number of nitrogens with one attached hydrogen (secondary N) is 1. The molecule has 7 nitrogen and oxygen atoms in total. The maximum atomic E-state index is 5.40. The number of anilines is 2. The predicted octanol–water partition coefficient (Wildman–Crippen LogP) is 3.95. The Labute approximate surface area is 149 Å². The molecule has 4 rings (SSSR count). The average molecular weight is 345 g/mol. The topological polar surface area (TPSA) is 86.0 Å². The number of pyridine rings is 2. The highest BCUT2D eigenvalue weighted by molar-refractivity contribution is 5.67. The summed E-state index contributed by atoms with van der Waals surface area (Å²) in [6.07, 6.45) is 6.77. The molecule has 0 fully saturated rings. The zero-order valence-corrected chi connectivity index (χ0v) is 14.0. The highest BCUT2D eigenvalue weighted by Crippen LogP contribution is 2.29. The lowest BCUT2D eigenvalue weighted by atomic mass is 10.2. The van der Waals surface area contributed by atoms with Crippen LogP contribution in [0.25, 0.3) is 22.8 Å². The van der Waals surface area contributed by atoms with Crippen molar-refractivity contribution >= 4 is 11.4 Å². The zero-order chi connectivity index (χ0) is 17.8. The molecule has 7 heteroatoms. The summed E-state index contributed by atoms with van der Waals surface area (Å²) in [5.74, 6) is 1.49. The van der Waals surface area contributed by atoms with Crippen LogP contribution in [0, 0.1) is 0 Å². The van der Waals surface area contributed by atoms with Gasteiger partial charge < -0.3 is 14.6 Å². The Morgan fingerprint density at radius 2 is 1.77 bits per heavy atom. The SMILES string of the molecule is COc1cnccc1-c1noc(-c2ccc(Nc3cccnc3)cc2)n1. The van der Waals surface area contributed by atoms with Crippen LogP contribution in [0.15, 0.2) is 71.8 Å². The lowest BCUT2D eigenvalue weighted by molar-refractivity contribution is 0.412. The van der Waals surface area contributed by atoms with E-state index in [2.05, 4.69) is 25.4 Å². The third kappa shape index (κ3) is 3.23. The first-order valence-corrected chi connectivity index (χ1v) is 7.93. The van der Waals surface area contributed by atoms with E-state index in [0.29, 0.717) is 17.5 Å². The number of rotatable bonds is 5. The Kier molecular flexibility index (Phi) is 4.26. The highest BCUT2D eigenvalue weighted by atomic mass is 16.5. The fraction of sp³-hybridized carbons (Fsp3) is 0.0526. The molecule has 1 aromatic carbocycles. The van der Waals surface area contributed by atoms with Crippen molar-refractivity contribution in [3.8, 4) is 28.6 Å². The van der Waals surface area contributed by atoms with Gasteiger partial charge in [0.1, 0.15) is 5.75 Å². The average Bonchev–Trinajstić information content (AvgIpc) is 3.19. The first-order chi connectivity index (χ1) is 12.8. The number of nitrogens with zero attached hydrogens (tertiary/aromatic N) is 4. The standard InChI is InChI=1S/C19H15N5O2/c1-25-17-12-21-10-8-16(17)18-23-19(26-24-18)13-4-6-14(7-5-13)22-15-3-2-9-20-11-15/h2-12,22H,1H3. The highest BCUT2D eigenvalue weighted by Gasteiger charge is 2.14. The molecular weight excluding hydrogens is 330 g/mol. The second-order valence-electron chi connectivity index (χ2n) is 5.44. The van der Waals surface area contributed by atoms with E-state index in [1.807, 2.05) is 36.4 Å². The molecular formula is C19H15N5O2. The summed E-state index contributed by atoms with van der Waals surface area (Å²) in [5.41, 5.74) is 3.42. The molecule has 0 aliphatic rings. The van der Waals surface area contributed by atoms with E-state index in [1.165, 1.54) is 0 Å². The lowest BCUT2D eigenvalue weighted by Crippen LogP contribution is -1.91. The van der Waals surface area contributed by atoms with Crippen LogP contribution in [0.2, 0.25) is 0 Å². The Balaban J connectivity index is 1.56. The van der Waals surface area contributed by atoms with Crippen molar-refractivity contribution in [3.05, 3.63) is 67.3 Å². The summed E-state index contributed by atoms with van der Waals surface area (Å²) < 4.78 is 10.7. The summed E-state index contributed by atoms with van der Waals surface area (Å²) in [7, 11) is 1.58. The van der Waals surface area contributed by atoms with Gasteiger partial charge in [-0.25, -0.2) is 0 Å². The van der Waals surface area contributed by atoms with Gasteiger partial charge in [0.25, 0.3) is 5.89 Å². The van der Waals surface area contributed by atoms with Crippen molar-refractivity contribution in [1.82, 2.24) is 20.1 Å². The van der Waals surface area contributed by atoms with E-state index in [9.17, 15) is 0 Å². The summed E-state index contributed by atoms with van der Waals surface area (Å²) in [5, 5.41) is 7.32. The summed E-state index contributed by atoms with van der Waals surface area (Å²) >= 11 is 0. The normalized spacial score (nSPS) is 10.5. The van der Waals surface area contributed by atoms with Crippen molar-refractivity contribution in [3.63, 3.8) is 0 Å². The van der Waals surface area contributed by atoms with Gasteiger partial charge >= 0.3 is 0 Å². The van der Waals surface area contributed by atoms with Crippen molar-refractivity contribution in [2.75, 3.05) is 12.4 Å². The molecule has 0 spiro atoms. The molecule has 0 saturated carbocycles. The molecule has 0 unspecified atom stereocenters. The second kappa shape index (κ2) is 7.02. The quantitative estimate of drug-likeness (QED) is 0.586. The van der Waals surface area contributed by atoms with Crippen molar-refractivity contribution in [1.29, 1.82) is 0 Å². The van der Waals surface area contributed by atoms with E-state index < -0.39 is 0 Å². The van der Waals surface area contributed by atoms with E-state index in [1.54, 1.807) is 38.0 Å². The van der Waals surface area contributed by atoms with Crippen molar-refractivity contribution in [2.45, 2.75) is 0 Å². The van der Waals surface area contributed by atoms with Gasteiger partial charge in [0, 0.05) is 23.6 Å². The van der Waals surface area contributed by atoms with E-state index in [0.717, 1.165) is 22.5 Å². The molecule has 0 aliphatic heterocycles. The molecule has 3 aromatic heterocycles. The minimum absolute atomic E-state index is 0.437. The Hall–Kier alpha value is -3.74. The number of ether oxygens (including phenoxy) is 1. The molecule has 26 heavy (non-hydrogen) atoms. The first kappa shape index (κ1) is 15.8. The van der Waals surface area contributed by atoms with Gasteiger partial charge in [-0.1, -0.05) is 5.16 Å². The van der Waals surface area contributed by atoms with Gasteiger partial charge in [0.15, 0.2) is 0 Å². The summed E-state index contributed by atoms with van der Waals surface area (Å²) in [6.45, 7) is 0. The maximum Gasteiger partial charge on any atom is 0.258 e. The van der Waals surface area contributed by atoms with Crippen molar-refractivity contribution < 1.29 is 9.26 Å². The van der Waals surface area contributed by atoms with Crippen LogP contribution < -0.4 is 10.1 Å². The van der Waals surface area contributed by atoms with Gasteiger partial charge in [0.05, 0.1) is 30.8 Å². The largest absolute Gasteiger partial charge is 0.494 e. The Bertz CT molecular complexity index is 1000. The fourth-order valence-electron chi connectivity index (χ4n) is 2.48. The molecule has 0 atom stereocenters. The minimum atomic E-state index is 0.437. The van der Waals surface area contributed by atoms with Gasteiger partial charge in [0.2, 0.25) is 5.82 Å². The molecule has 0 aliphatic carbocycles. The van der Waals surface area contributed by atoms with Gasteiger partial charge in [-0.05, 0) is 42.5 Å². The van der Waals surface area contributed by atoms with Crippen LogP contribution >= 0.6 is 0 Å². The van der Waals surface area contributed by atoms with Crippen LogP contribution in [0.1, 0.15) is 0 Å². The third-order valence-corrected chi connectivity index (χ3v) is 3.75. The number of benzene rings is 1. The van der Waals surface area contributed by atoms with Crippen LogP contribution in [-0.4, -0.2) is 27.2 Å².